The van der Waals surface area contributed by atoms with Crippen LogP contribution >= 0.6 is 11.6 Å². The summed E-state index contributed by atoms with van der Waals surface area (Å²) in [6, 6.07) is 15.2. The summed E-state index contributed by atoms with van der Waals surface area (Å²) in [7, 11) is 0. The molecule has 0 saturated carbocycles. The van der Waals surface area contributed by atoms with E-state index >= 15 is 0 Å². The maximum absolute atomic E-state index is 13.3. The van der Waals surface area contributed by atoms with E-state index in [1.807, 2.05) is 48.5 Å². The van der Waals surface area contributed by atoms with Crippen LogP contribution < -0.4 is 11.6 Å². The second-order valence-corrected chi connectivity index (χ2v) is 10.6. The maximum Gasteiger partial charge on any atom is 0.511 e. The van der Waals surface area contributed by atoms with Crippen molar-refractivity contribution in [2.75, 3.05) is 13.2 Å². The van der Waals surface area contributed by atoms with E-state index in [-0.39, 0.29) is 36.4 Å². The highest BCUT2D eigenvalue weighted by atomic mass is 35.5. The number of esters is 1. The van der Waals surface area contributed by atoms with Crippen LogP contribution in [-0.2, 0) is 32.0 Å². The molecule has 2 aromatic carbocycles. The van der Waals surface area contributed by atoms with E-state index in [0.29, 0.717) is 43.5 Å². The van der Waals surface area contributed by atoms with Gasteiger partial charge in [0, 0.05) is 25.5 Å². The quantitative estimate of drug-likeness (QED) is 0.0252. The third-order valence-corrected chi connectivity index (χ3v) is 7.15. The van der Waals surface area contributed by atoms with Crippen molar-refractivity contribution in [3.8, 4) is 11.1 Å². The van der Waals surface area contributed by atoms with Crippen LogP contribution in [0.1, 0.15) is 79.8 Å². The third-order valence-electron chi connectivity index (χ3n) is 6.89. The van der Waals surface area contributed by atoms with Gasteiger partial charge in [-0.15, -0.1) is 10.1 Å². The van der Waals surface area contributed by atoms with Gasteiger partial charge < -0.3 is 35.2 Å². The highest BCUT2D eigenvalue weighted by Crippen LogP contribution is 2.26. The van der Waals surface area contributed by atoms with Crippen LogP contribution in [0.5, 0.6) is 0 Å². The molecule has 15 heteroatoms. The Hall–Kier alpha value is -4.85. The third kappa shape index (κ3) is 10.6. The van der Waals surface area contributed by atoms with Crippen LogP contribution in [0.3, 0.4) is 0 Å². The standard InChI is InChI=1S/C31H39ClN6O8/c1-3-4-13-26-35-28(32)27(30(39)45-21(2)46-31(40)43-18-9-5-6-10-19-44-38(41)42)37(26)20-22-14-16-23(17-15-22)24-11-7-8-12-25(24)29(33)36-34/h7-8,11-12,14-17,21H,3-6,9-10,13,18-20,34H2,1-2H3,(H2,33,36). The van der Waals surface area contributed by atoms with Gasteiger partial charge in [0.1, 0.15) is 5.82 Å². The normalized spacial score (nSPS) is 11.9. The van der Waals surface area contributed by atoms with Gasteiger partial charge in [-0.2, -0.15) is 5.10 Å². The number of hydrogen-bond donors (Lipinski definition) is 2. The average Bonchev–Trinajstić information content (AvgIpc) is 3.34. The number of benzene rings is 2. The average molecular weight is 659 g/mol. The van der Waals surface area contributed by atoms with Crippen molar-refractivity contribution in [1.82, 2.24) is 9.55 Å². The van der Waals surface area contributed by atoms with Crippen molar-refractivity contribution in [2.45, 2.75) is 71.6 Å². The van der Waals surface area contributed by atoms with Crippen LogP contribution in [0.15, 0.2) is 53.6 Å². The molecule has 0 amide bonds. The Bertz CT molecular complexity index is 1490. The smallest absolute Gasteiger partial charge is 0.434 e. The number of aryl methyl sites for hydroxylation is 1. The van der Waals surface area contributed by atoms with Crippen LogP contribution in [-0.4, -0.2) is 52.1 Å². The van der Waals surface area contributed by atoms with Crippen molar-refractivity contribution in [2.24, 2.45) is 16.7 Å². The zero-order chi connectivity index (χ0) is 33.5. The number of unbranched alkanes of at least 4 members (excludes halogenated alkanes) is 4. The number of carbonyl (C=O) groups is 2. The highest BCUT2D eigenvalue weighted by molar-refractivity contribution is 6.32. The minimum Gasteiger partial charge on any atom is -0.434 e. The zero-order valence-corrected chi connectivity index (χ0v) is 26.6. The first kappa shape index (κ1) is 35.6. The lowest BCUT2D eigenvalue weighted by Gasteiger charge is -2.16. The molecule has 0 aliphatic carbocycles. The fraction of sp³-hybridized carbons (Fsp3) is 0.419. The maximum atomic E-state index is 13.3. The Morgan fingerprint density at radius 2 is 1.74 bits per heavy atom. The summed E-state index contributed by atoms with van der Waals surface area (Å²) in [4.78, 5) is 44.2. The van der Waals surface area contributed by atoms with Crippen molar-refractivity contribution < 1.29 is 33.7 Å². The molecule has 3 rings (SSSR count). The number of rotatable bonds is 18. The first-order chi connectivity index (χ1) is 22.1. The van der Waals surface area contributed by atoms with Gasteiger partial charge in [0.15, 0.2) is 16.7 Å². The number of nitrogens with two attached hydrogens (primary N) is 2. The summed E-state index contributed by atoms with van der Waals surface area (Å²) < 4.78 is 17.2. The Kier molecular flexibility index (Phi) is 14.1. The van der Waals surface area contributed by atoms with E-state index in [1.165, 1.54) is 6.92 Å². The van der Waals surface area contributed by atoms with Gasteiger partial charge in [0.05, 0.1) is 13.2 Å². The predicted octanol–water partition coefficient (Wildman–Crippen LogP) is 5.60. The Balaban J connectivity index is 1.64. The Morgan fingerprint density at radius 1 is 1.04 bits per heavy atom. The number of imidazole rings is 1. The number of ether oxygens (including phenoxy) is 3. The van der Waals surface area contributed by atoms with Gasteiger partial charge in [-0.1, -0.05) is 79.9 Å². The molecule has 1 aromatic heterocycles. The number of nitrogens with zero attached hydrogens (tertiary/aromatic N) is 4. The van der Waals surface area contributed by atoms with Crippen LogP contribution in [0, 0.1) is 10.1 Å². The van der Waals surface area contributed by atoms with Gasteiger partial charge in [-0.3, -0.25) is 0 Å². The predicted molar refractivity (Wildman–Crippen MR) is 170 cm³/mol. The van der Waals surface area contributed by atoms with Crippen molar-refractivity contribution in [3.63, 3.8) is 0 Å². The molecule has 0 fully saturated rings. The van der Waals surface area contributed by atoms with E-state index in [0.717, 1.165) is 29.5 Å². The topological polar surface area (TPSA) is 196 Å². The van der Waals surface area contributed by atoms with E-state index in [4.69, 9.17) is 37.4 Å². The first-order valence-electron chi connectivity index (χ1n) is 14.9. The minimum atomic E-state index is -1.26. The molecule has 0 aliphatic heterocycles. The fourth-order valence-electron chi connectivity index (χ4n) is 4.61. The first-order valence-corrected chi connectivity index (χ1v) is 15.3. The van der Waals surface area contributed by atoms with Crippen molar-refractivity contribution in [1.29, 1.82) is 0 Å². The van der Waals surface area contributed by atoms with Crippen LogP contribution in [0.25, 0.3) is 11.1 Å². The molecule has 0 spiro atoms. The second-order valence-electron chi connectivity index (χ2n) is 10.3. The molecular weight excluding hydrogens is 620 g/mol. The number of halogens is 1. The monoisotopic (exact) mass is 658 g/mol. The molecule has 3 aromatic rings. The molecule has 248 valence electrons. The molecule has 0 aliphatic rings. The molecule has 14 nitrogen and oxygen atoms in total. The number of amidine groups is 1. The summed E-state index contributed by atoms with van der Waals surface area (Å²) in [5.74, 6) is 5.45. The molecule has 1 unspecified atom stereocenters. The molecule has 46 heavy (non-hydrogen) atoms. The van der Waals surface area contributed by atoms with Crippen molar-refractivity contribution >= 4 is 29.6 Å². The number of carbonyl (C=O) groups excluding carboxylic acids is 2. The number of hydrazone groups is 1. The lowest BCUT2D eigenvalue weighted by Crippen LogP contribution is -2.24. The lowest BCUT2D eigenvalue weighted by atomic mass is 9.98. The molecule has 0 saturated heterocycles. The van der Waals surface area contributed by atoms with E-state index in [9.17, 15) is 19.7 Å². The van der Waals surface area contributed by atoms with E-state index in [2.05, 4.69) is 21.8 Å². The summed E-state index contributed by atoms with van der Waals surface area (Å²) in [5, 5.41) is 12.9. The van der Waals surface area contributed by atoms with Crippen LogP contribution in [0.2, 0.25) is 5.15 Å². The Labute approximate surface area is 271 Å². The van der Waals surface area contributed by atoms with Crippen LogP contribution in [0.4, 0.5) is 4.79 Å². The molecule has 1 atom stereocenters. The van der Waals surface area contributed by atoms with E-state index < -0.39 is 23.5 Å². The fourth-order valence-corrected chi connectivity index (χ4v) is 4.89. The van der Waals surface area contributed by atoms with Crippen molar-refractivity contribution in [3.05, 3.63) is 86.4 Å². The molecular formula is C31H39ClN6O8. The number of aromatic nitrogens is 2. The second kappa shape index (κ2) is 18.2. The summed E-state index contributed by atoms with van der Waals surface area (Å²) >= 11 is 6.45. The zero-order valence-electron chi connectivity index (χ0n) is 25.9. The molecule has 0 radical (unpaired) electrons. The summed E-state index contributed by atoms with van der Waals surface area (Å²) in [5.41, 5.74) is 9.39. The van der Waals surface area contributed by atoms with Gasteiger partial charge >= 0.3 is 12.1 Å². The highest BCUT2D eigenvalue weighted by Gasteiger charge is 2.26. The van der Waals surface area contributed by atoms with Gasteiger partial charge in [0.25, 0.3) is 5.09 Å². The summed E-state index contributed by atoms with van der Waals surface area (Å²) in [6.45, 7) is 3.82. The SMILES string of the molecule is CCCCc1nc(Cl)c(C(=O)OC(C)OC(=O)OCCCCCCO[N+](=O)[O-])n1Cc1ccc(-c2ccccc2/C(N)=N/N)cc1. The molecule has 0 bridgehead atoms. The lowest BCUT2D eigenvalue weighted by molar-refractivity contribution is -0.757. The van der Waals surface area contributed by atoms with E-state index in [1.54, 1.807) is 4.57 Å². The molecule has 1 heterocycles. The van der Waals surface area contributed by atoms with Gasteiger partial charge in [0.2, 0.25) is 6.29 Å². The summed E-state index contributed by atoms with van der Waals surface area (Å²) in [6.07, 6.45) is 2.47. The number of hydrogen-bond acceptors (Lipinski definition) is 11. The largest absolute Gasteiger partial charge is 0.511 e. The minimum absolute atomic E-state index is 0.0171. The Morgan fingerprint density at radius 3 is 2.41 bits per heavy atom. The van der Waals surface area contributed by atoms with Gasteiger partial charge in [-0.05, 0) is 42.4 Å². The molecule has 4 N–H and O–H groups in total. The van der Waals surface area contributed by atoms with Gasteiger partial charge in [-0.25, -0.2) is 14.6 Å².